The number of anilines is 1. The number of nitrogens with zero attached hydrogens (tertiary/aromatic N) is 6. The second kappa shape index (κ2) is 9.15. The van der Waals surface area contributed by atoms with Crippen LogP contribution < -0.4 is 4.90 Å². The largest absolute Gasteiger partial charge is 0.343 e. The van der Waals surface area contributed by atoms with E-state index in [9.17, 15) is 25.0 Å². The first-order valence-electron chi connectivity index (χ1n) is 10.7. The summed E-state index contributed by atoms with van der Waals surface area (Å²) >= 11 is 1.61. The van der Waals surface area contributed by atoms with E-state index in [0.717, 1.165) is 35.1 Å². The Balaban J connectivity index is 1.44. The molecule has 4 rings (SSSR count). The van der Waals surface area contributed by atoms with Crippen molar-refractivity contribution < 1.29 is 14.6 Å². The van der Waals surface area contributed by atoms with Crippen molar-refractivity contribution in [2.45, 2.75) is 44.9 Å². The monoisotopic (exact) mass is 460 g/mol. The molecule has 1 saturated carbocycles. The van der Waals surface area contributed by atoms with Crippen LogP contribution >= 0.6 is 11.3 Å². The van der Waals surface area contributed by atoms with Crippen LogP contribution in [-0.4, -0.2) is 57.0 Å². The maximum Gasteiger partial charge on any atom is 0.279 e. The van der Waals surface area contributed by atoms with Gasteiger partial charge in [0.15, 0.2) is 0 Å². The zero-order valence-corrected chi connectivity index (χ0v) is 18.5. The molecule has 2 aromatic rings. The number of nitro benzene ring substituents is 2. The van der Waals surface area contributed by atoms with Gasteiger partial charge in [-0.1, -0.05) is 30.6 Å². The molecule has 32 heavy (non-hydrogen) atoms. The maximum absolute atomic E-state index is 13.0. The molecule has 1 aromatic carbocycles. The lowest BCUT2D eigenvalue weighted by atomic mass is 9.90. The molecule has 1 amide bonds. The van der Waals surface area contributed by atoms with Gasteiger partial charge in [0, 0.05) is 44.2 Å². The second-order valence-corrected chi connectivity index (χ2v) is 9.18. The summed E-state index contributed by atoms with van der Waals surface area (Å²) in [6.45, 7) is 3.22. The van der Waals surface area contributed by atoms with E-state index in [1.165, 1.54) is 26.2 Å². The first-order valence-corrected chi connectivity index (χ1v) is 11.5. The van der Waals surface area contributed by atoms with Crippen LogP contribution in [0.1, 0.15) is 59.0 Å². The Kier molecular flexibility index (Phi) is 6.31. The number of benzene rings is 1. The number of rotatable bonds is 5. The molecule has 0 spiro atoms. The standard InChI is InChI=1S/C20H24N6O5S/c1-13-16(25(28)29)11-15(12-17(13)26(30)31)19(27)23-7-9-24(10-8-23)20-22-21-18(32-20)14-5-3-2-4-6-14/h11-12,14H,2-10H2,1H3. The van der Waals surface area contributed by atoms with Crippen LogP contribution in [0, 0.1) is 27.2 Å². The van der Waals surface area contributed by atoms with Gasteiger partial charge in [-0.3, -0.25) is 25.0 Å². The fourth-order valence-corrected chi connectivity index (χ4v) is 5.40. The minimum atomic E-state index is -0.698. The van der Waals surface area contributed by atoms with Gasteiger partial charge in [0.2, 0.25) is 5.13 Å². The molecule has 0 bridgehead atoms. The number of carbonyl (C=O) groups is 1. The molecule has 12 heteroatoms. The number of amides is 1. The molecule has 0 radical (unpaired) electrons. The summed E-state index contributed by atoms with van der Waals surface area (Å²) in [5, 5.41) is 33.3. The number of aromatic nitrogens is 2. The summed E-state index contributed by atoms with van der Waals surface area (Å²) in [7, 11) is 0. The number of hydrogen-bond donors (Lipinski definition) is 0. The van der Waals surface area contributed by atoms with Gasteiger partial charge in [0.1, 0.15) is 10.6 Å². The van der Waals surface area contributed by atoms with Gasteiger partial charge in [-0.25, -0.2) is 0 Å². The SMILES string of the molecule is Cc1c([N+](=O)[O-])cc(C(=O)N2CCN(c3nnc(C4CCCCC4)s3)CC2)cc1[N+](=O)[O-]. The normalized spacial score (nSPS) is 17.4. The highest BCUT2D eigenvalue weighted by molar-refractivity contribution is 7.15. The summed E-state index contributed by atoms with van der Waals surface area (Å²) in [6.07, 6.45) is 6.06. The van der Waals surface area contributed by atoms with Crippen molar-refractivity contribution in [1.29, 1.82) is 0 Å². The Morgan fingerprint density at radius 3 is 2.16 bits per heavy atom. The minimum Gasteiger partial charge on any atom is -0.343 e. The van der Waals surface area contributed by atoms with Crippen molar-refractivity contribution in [3.05, 3.63) is 48.5 Å². The van der Waals surface area contributed by atoms with Crippen molar-refractivity contribution in [2.75, 3.05) is 31.1 Å². The first kappa shape index (κ1) is 22.1. The molecule has 1 aromatic heterocycles. The minimum absolute atomic E-state index is 0.0436. The van der Waals surface area contributed by atoms with Crippen molar-refractivity contribution in [3.8, 4) is 0 Å². The van der Waals surface area contributed by atoms with Gasteiger partial charge in [0.05, 0.1) is 15.4 Å². The van der Waals surface area contributed by atoms with E-state index in [2.05, 4.69) is 15.1 Å². The summed E-state index contributed by atoms with van der Waals surface area (Å²) in [5.41, 5.74) is -0.958. The van der Waals surface area contributed by atoms with Crippen molar-refractivity contribution in [3.63, 3.8) is 0 Å². The Hall–Kier alpha value is -3.15. The topological polar surface area (TPSA) is 136 Å². The van der Waals surface area contributed by atoms with E-state index in [1.807, 2.05) is 0 Å². The molecular weight excluding hydrogens is 436 g/mol. The molecular formula is C20H24N6O5S. The number of carbonyl (C=O) groups excluding carboxylic acids is 1. The molecule has 2 heterocycles. The van der Waals surface area contributed by atoms with Crippen molar-refractivity contribution >= 4 is 33.8 Å². The molecule has 0 atom stereocenters. The van der Waals surface area contributed by atoms with E-state index in [0.29, 0.717) is 32.1 Å². The van der Waals surface area contributed by atoms with Gasteiger partial charge >= 0.3 is 0 Å². The van der Waals surface area contributed by atoms with Crippen LogP contribution in [0.25, 0.3) is 0 Å². The fraction of sp³-hybridized carbons (Fsp3) is 0.550. The van der Waals surface area contributed by atoms with Crippen LogP contribution in [0.5, 0.6) is 0 Å². The number of piperazine rings is 1. The van der Waals surface area contributed by atoms with Gasteiger partial charge in [0.25, 0.3) is 17.3 Å². The van der Waals surface area contributed by atoms with Crippen molar-refractivity contribution in [1.82, 2.24) is 15.1 Å². The lowest BCUT2D eigenvalue weighted by molar-refractivity contribution is -0.395. The third kappa shape index (κ3) is 4.40. The molecule has 0 unspecified atom stereocenters. The molecule has 170 valence electrons. The van der Waals surface area contributed by atoms with Crippen molar-refractivity contribution in [2.24, 2.45) is 0 Å². The van der Waals surface area contributed by atoms with E-state index < -0.39 is 27.1 Å². The molecule has 2 fully saturated rings. The Labute approximate surface area is 188 Å². The molecule has 1 aliphatic heterocycles. The number of nitro groups is 2. The molecule has 0 N–H and O–H groups in total. The third-order valence-corrected chi connectivity index (χ3v) is 7.36. The van der Waals surface area contributed by atoms with E-state index in [4.69, 9.17) is 0 Å². The summed E-state index contributed by atoms with van der Waals surface area (Å²) < 4.78 is 0. The summed E-state index contributed by atoms with van der Waals surface area (Å²) in [4.78, 5) is 37.8. The van der Waals surface area contributed by atoms with Gasteiger partial charge in [-0.15, -0.1) is 10.2 Å². The van der Waals surface area contributed by atoms with Crippen LogP contribution in [0.3, 0.4) is 0 Å². The smallest absolute Gasteiger partial charge is 0.279 e. The van der Waals surface area contributed by atoms with Crippen LogP contribution in [0.2, 0.25) is 0 Å². The highest BCUT2D eigenvalue weighted by Crippen LogP contribution is 2.36. The maximum atomic E-state index is 13.0. The average molecular weight is 461 g/mol. The van der Waals surface area contributed by atoms with Crippen LogP contribution in [-0.2, 0) is 0 Å². The summed E-state index contributed by atoms with van der Waals surface area (Å²) in [5.74, 6) is 0.0435. The van der Waals surface area contributed by atoms with E-state index in [-0.39, 0.29) is 11.1 Å². The fourth-order valence-electron chi connectivity index (χ4n) is 4.34. The average Bonchev–Trinajstić information content (AvgIpc) is 3.29. The van der Waals surface area contributed by atoms with Gasteiger partial charge in [-0.05, 0) is 19.8 Å². The highest BCUT2D eigenvalue weighted by atomic mass is 32.1. The van der Waals surface area contributed by atoms with Crippen LogP contribution in [0.4, 0.5) is 16.5 Å². The predicted molar refractivity (Wildman–Crippen MR) is 118 cm³/mol. The Morgan fingerprint density at radius 2 is 1.59 bits per heavy atom. The Morgan fingerprint density at radius 1 is 1.00 bits per heavy atom. The lowest BCUT2D eigenvalue weighted by Crippen LogP contribution is -2.48. The quantitative estimate of drug-likeness (QED) is 0.487. The molecule has 2 aliphatic rings. The molecule has 1 aliphatic carbocycles. The number of hydrogen-bond acceptors (Lipinski definition) is 9. The highest BCUT2D eigenvalue weighted by Gasteiger charge is 2.30. The molecule has 11 nitrogen and oxygen atoms in total. The van der Waals surface area contributed by atoms with Crippen LogP contribution in [0.15, 0.2) is 12.1 Å². The molecule has 1 saturated heterocycles. The van der Waals surface area contributed by atoms with E-state index in [1.54, 1.807) is 16.2 Å². The second-order valence-electron chi connectivity index (χ2n) is 8.19. The third-order valence-electron chi connectivity index (χ3n) is 6.21. The predicted octanol–water partition coefficient (Wildman–Crippen LogP) is 3.67. The zero-order valence-electron chi connectivity index (χ0n) is 17.7. The Bertz CT molecular complexity index is 1010. The van der Waals surface area contributed by atoms with E-state index >= 15 is 0 Å². The zero-order chi connectivity index (χ0) is 22.8. The lowest BCUT2D eigenvalue weighted by Gasteiger charge is -2.34. The van der Waals surface area contributed by atoms with Gasteiger partial charge < -0.3 is 9.80 Å². The first-order chi connectivity index (χ1) is 15.3. The summed E-state index contributed by atoms with van der Waals surface area (Å²) in [6, 6.07) is 2.25. The van der Waals surface area contributed by atoms with Gasteiger partial charge in [-0.2, -0.15) is 0 Å².